The summed E-state index contributed by atoms with van der Waals surface area (Å²) in [5.41, 5.74) is 0. The molecule has 8 heteroatoms. The van der Waals surface area contributed by atoms with Gasteiger partial charge in [0.05, 0.1) is 6.54 Å². The Morgan fingerprint density at radius 2 is 1.79 bits per heavy atom. The molecule has 2 rings (SSSR count). The van der Waals surface area contributed by atoms with Crippen LogP contribution in [0.15, 0.2) is 4.99 Å². The SMILES string of the molecule is CN=C(NCC(O)C(F)(F)F)NC1CCN(C2CCCCC2)CC1. The van der Waals surface area contributed by atoms with Gasteiger partial charge < -0.3 is 20.6 Å². The minimum absolute atomic E-state index is 0.207. The van der Waals surface area contributed by atoms with E-state index in [-0.39, 0.29) is 6.04 Å². The van der Waals surface area contributed by atoms with E-state index in [0.717, 1.165) is 25.9 Å². The second kappa shape index (κ2) is 8.89. The minimum atomic E-state index is -4.61. The van der Waals surface area contributed by atoms with Crippen LogP contribution in [0.3, 0.4) is 0 Å². The molecule has 2 fully saturated rings. The first kappa shape index (κ1) is 19.3. The molecule has 0 aromatic rings. The van der Waals surface area contributed by atoms with Crippen molar-refractivity contribution in [3.05, 3.63) is 0 Å². The molecule has 24 heavy (non-hydrogen) atoms. The van der Waals surface area contributed by atoms with E-state index in [1.807, 2.05) is 0 Å². The standard InChI is InChI=1S/C16H29F3N4O/c1-20-15(21-11-14(24)16(17,18)19)22-12-7-9-23(10-8-12)13-5-3-2-4-6-13/h12-14,24H,2-11H2,1H3,(H2,20,21,22). The van der Waals surface area contributed by atoms with Gasteiger partial charge >= 0.3 is 6.18 Å². The first-order chi connectivity index (χ1) is 11.4. The second-order valence-electron chi connectivity index (χ2n) is 6.76. The van der Waals surface area contributed by atoms with Crippen LogP contribution in [0.2, 0.25) is 0 Å². The Hall–Kier alpha value is -1.02. The fourth-order valence-electron chi connectivity index (χ4n) is 3.55. The van der Waals surface area contributed by atoms with Crippen LogP contribution in [0.1, 0.15) is 44.9 Å². The number of likely N-dealkylation sites (tertiary alicyclic amines) is 1. The van der Waals surface area contributed by atoms with E-state index in [2.05, 4.69) is 20.5 Å². The van der Waals surface area contributed by atoms with E-state index in [4.69, 9.17) is 5.11 Å². The number of halogens is 3. The van der Waals surface area contributed by atoms with Crippen LogP contribution in [-0.2, 0) is 0 Å². The Morgan fingerprint density at radius 3 is 2.33 bits per heavy atom. The average Bonchev–Trinajstić information content (AvgIpc) is 2.58. The third-order valence-corrected chi connectivity index (χ3v) is 5.03. The second-order valence-corrected chi connectivity index (χ2v) is 6.76. The number of alkyl halides is 3. The first-order valence-corrected chi connectivity index (χ1v) is 8.86. The zero-order valence-electron chi connectivity index (χ0n) is 14.3. The first-order valence-electron chi connectivity index (χ1n) is 8.86. The summed E-state index contributed by atoms with van der Waals surface area (Å²) in [5.74, 6) is 0.314. The molecule has 0 amide bonds. The van der Waals surface area contributed by atoms with Gasteiger partial charge in [-0.05, 0) is 25.7 Å². The lowest BCUT2D eigenvalue weighted by molar-refractivity contribution is -0.201. The van der Waals surface area contributed by atoms with E-state index in [9.17, 15) is 13.2 Å². The van der Waals surface area contributed by atoms with Crippen LogP contribution in [0, 0.1) is 0 Å². The van der Waals surface area contributed by atoms with Crippen molar-refractivity contribution < 1.29 is 18.3 Å². The van der Waals surface area contributed by atoms with Gasteiger partial charge in [0.15, 0.2) is 12.1 Å². The molecule has 3 N–H and O–H groups in total. The lowest BCUT2D eigenvalue weighted by Gasteiger charge is -2.39. The van der Waals surface area contributed by atoms with Gasteiger partial charge in [-0.25, -0.2) is 0 Å². The highest BCUT2D eigenvalue weighted by Crippen LogP contribution is 2.25. The van der Waals surface area contributed by atoms with E-state index in [0.29, 0.717) is 12.0 Å². The zero-order valence-corrected chi connectivity index (χ0v) is 14.3. The predicted octanol–water partition coefficient (Wildman–Crippen LogP) is 1.87. The molecule has 1 aliphatic carbocycles. The van der Waals surface area contributed by atoms with Crippen molar-refractivity contribution in [3.8, 4) is 0 Å². The molecule has 0 aromatic carbocycles. The molecule has 0 spiro atoms. The summed E-state index contributed by atoms with van der Waals surface area (Å²) in [6, 6.07) is 0.915. The normalized spacial score (nSPS) is 24.0. The van der Waals surface area contributed by atoms with Gasteiger partial charge in [-0.1, -0.05) is 19.3 Å². The summed E-state index contributed by atoms with van der Waals surface area (Å²) >= 11 is 0. The summed E-state index contributed by atoms with van der Waals surface area (Å²) < 4.78 is 37.0. The van der Waals surface area contributed by atoms with Crippen LogP contribution in [0.5, 0.6) is 0 Å². The number of aliphatic imine (C=N–C) groups is 1. The van der Waals surface area contributed by atoms with Crippen LogP contribution < -0.4 is 10.6 Å². The molecule has 2 aliphatic rings. The van der Waals surface area contributed by atoms with E-state index in [1.54, 1.807) is 0 Å². The van der Waals surface area contributed by atoms with Crippen LogP contribution in [0.4, 0.5) is 13.2 Å². The average molecular weight is 350 g/mol. The molecular formula is C16H29F3N4O. The highest BCUT2D eigenvalue weighted by Gasteiger charge is 2.38. The lowest BCUT2D eigenvalue weighted by Crippen LogP contribution is -2.52. The molecule has 1 atom stereocenters. The quantitative estimate of drug-likeness (QED) is 0.535. The maximum absolute atomic E-state index is 12.3. The molecule has 1 aliphatic heterocycles. The topological polar surface area (TPSA) is 59.9 Å². The molecule has 1 saturated heterocycles. The molecule has 1 heterocycles. The van der Waals surface area contributed by atoms with Crippen molar-refractivity contribution in [1.29, 1.82) is 0 Å². The number of hydrogen-bond acceptors (Lipinski definition) is 3. The van der Waals surface area contributed by atoms with Gasteiger partial charge in [-0.2, -0.15) is 13.2 Å². The van der Waals surface area contributed by atoms with Crippen LogP contribution in [-0.4, -0.2) is 67.0 Å². The summed E-state index contributed by atoms with van der Waals surface area (Å²) in [4.78, 5) is 6.50. The third kappa shape index (κ3) is 5.81. The number of aliphatic hydroxyl groups excluding tert-OH is 1. The van der Waals surface area contributed by atoms with E-state index in [1.165, 1.54) is 39.2 Å². The van der Waals surface area contributed by atoms with Gasteiger partial charge in [0.25, 0.3) is 0 Å². The Kier molecular flexibility index (Phi) is 7.16. The lowest BCUT2D eigenvalue weighted by atomic mass is 9.92. The Labute approximate surface area is 141 Å². The zero-order chi connectivity index (χ0) is 17.6. The molecule has 0 radical (unpaired) electrons. The van der Waals surface area contributed by atoms with E-state index < -0.39 is 18.8 Å². The monoisotopic (exact) mass is 350 g/mol. The molecule has 5 nitrogen and oxygen atoms in total. The molecule has 1 saturated carbocycles. The fraction of sp³-hybridized carbons (Fsp3) is 0.938. The molecule has 1 unspecified atom stereocenters. The fourth-order valence-corrected chi connectivity index (χ4v) is 3.55. The number of aliphatic hydroxyl groups is 1. The minimum Gasteiger partial charge on any atom is -0.382 e. The van der Waals surface area contributed by atoms with Crippen LogP contribution >= 0.6 is 0 Å². The summed E-state index contributed by atoms with van der Waals surface area (Å²) in [5, 5.41) is 14.8. The predicted molar refractivity (Wildman–Crippen MR) is 88.0 cm³/mol. The van der Waals surface area contributed by atoms with Crippen LogP contribution in [0.25, 0.3) is 0 Å². The number of nitrogens with zero attached hydrogens (tertiary/aromatic N) is 2. The largest absolute Gasteiger partial charge is 0.416 e. The van der Waals surface area contributed by atoms with Gasteiger partial charge in [-0.15, -0.1) is 0 Å². The highest BCUT2D eigenvalue weighted by atomic mass is 19.4. The van der Waals surface area contributed by atoms with Crippen molar-refractivity contribution in [1.82, 2.24) is 15.5 Å². The number of hydrogen-bond donors (Lipinski definition) is 3. The van der Waals surface area contributed by atoms with Crippen molar-refractivity contribution in [3.63, 3.8) is 0 Å². The molecule has 0 bridgehead atoms. The smallest absolute Gasteiger partial charge is 0.382 e. The Bertz CT molecular complexity index is 403. The maximum atomic E-state index is 12.3. The number of piperidine rings is 1. The van der Waals surface area contributed by atoms with Gasteiger partial charge in [0.2, 0.25) is 0 Å². The molecule has 140 valence electrons. The summed E-state index contributed by atoms with van der Waals surface area (Å²) in [6.07, 6.45) is 1.48. The Balaban J connectivity index is 1.71. The van der Waals surface area contributed by atoms with Crippen molar-refractivity contribution in [2.45, 2.75) is 69.3 Å². The van der Waals surface area contributed by atoms with Crippen molar-refractivity contribution in [2.75, 3.05) is 26.7 Å². The number of guanidine groups is 1. The maximum Gasteiger partial charge on any atom is 0.416 e. The molecular weight excluding hydrogens is 321 g/mol. The van der Waals surface area contributed by atoms with Gasteiger partial charge in [0, 0.05) is 32.2 Å². The van der Waals surface area contributed by atoms with Crippen molar-refractivity contribution >= 4 is 5.96 Å². The van der Waals surface area contributed by atoms with Gasteiger partial charge in [0.1, 0.15) is 0 Å². The summed E-state index contributed by atoms with van der Waals surface area (Å²) in [7, 11) is 1.52. The highest BCUT2D eigenvalue weighted by molar-refractivity contribution is 5.80. The van der Waals surface area contributed by atoms with E-state index >= 15 is 0 Å². The number of rotatable bonds is 4. The third-order valence-electron chi connectivity index (χ3n) is 5.03. The molecule has 0 aromatic heterocycles. The number of nitrogens with one attached hydrogen (secondary N) is 2. The van der Waals surface area contributed by atoms with Gasteiger partial charge in [-0.3, -0.25) is 4.99 Å². The Morgan fingerprint density at radius 1 is 1.17 bits per heavy atom. The van der Waals surface area contributed by atoms with Crippen molar-refractivity contribution in [2.24, 2.45) is 4.99 Å². The summed E-state index contributed by atoms with van der Waals surface area (Å²) in [6.45, 7) is 1.44.